The Morgan fingerprint density at radius 3 is 3.11 bits per heavy atom. The second-order valence-corrected chi connectivity index (χ2v) is 7.47. The van der Waals surface area contributed by atoms with Crippen LogP contribution in [0.2, 0.25) is 0 Å². The maximum absolute atomic E-state index is 11.3. The van der Waals surface area contributed by atoms with Crippen molar-refractivity contribution in [1.29, 1.82) is 0 Å². The van der Waals surface area contributed by atoms with Crippen LogP contribution in [-0.4, -0.2) is 34.5 Å². The molecule has 28 heavy (non-hydrogen) atoms. The lowest BCUT2D eigenvalue weighted by atomic mass is 10.1. The molecule has 0 fully saturated rings. The molecule has 1 aliphatic rings. The molecule has 0 saturated heterocycles. The van der Waals surface area contributed by atoms with E-state index in [1.54, 1.807) is 41.3 Å². The summed E-state index contributed by atoms with van der Waals surface area (Å²) in [5.74, 6) is -0.206. The van der Waals surface area contributed by atoms with Gasteiger partial charge in [-0.25, -0.2) is 9.31 Å². The van der Waals surface area contributed by atoms with E-state index in [0.29, 0.717) is 6.67 Å². The first-order valence-electron chi connectivity index (χ1n) is 8.69. The number of carboxylic acid groups (broad SMARTS) is 1. The van der Waals surface area contributed by atoms with Crippen LogP contribution in [0.25, 0.3) is 15.6 Å². The van der Waals surface area contributed by atoms with E-state index in [0.717, 1.165) is 37.6 Å². The smallest absolute Gasteiger partial charge is 0.335 e. The maximum atomic E-state index is 11.3. The van der Waals surface area contributed by atoms with Crippen LogP contribution in [0.15, 0.2) is 42.7 Å². The zero-order valence-corrected chi connectivity index (χ0v) is 15.7. The molecule has 9 heteroatoms. The second-order valence-electron chi connectivity index (χ2n) is 6.42. The lowest BCUT2D eigenvalue weighted by Crippen LogP contribution is -2.36. The number of nitrogens with zero attached hydrogens (tertiary/aromatic N) is 2. The first-order chi connectivity index (χ1) is 13.7. The van der Waals surface area contributed by atoms with Crippen molar-refractivity contribution in [2.45, 2.75) is 6.17 Å². The van der Waals surface area contributed by atoms with E-state index in [1.165, 1.54) is 0 Å². The van der Waals surface area contributed by atoms with Crippen molar-refractivity contribution < 1.29 is 14.6 Å². The Hall–Kier alpha value is -3.30. The molecule has 0 saturated carbocycles. The fraction of sp³-hybridized carbons (Fsp3) is 0.158. The number of pyridine rings is 1. The van der Waals surface area contributed by atoms with Gasteiger partial charge in [0.15, 0.2) is 5.75 Å². The molecule has 0 amide bonds. The van der Waals surface area contributed by atoms with Crippen molar-refractivity contribution in [3.63, 3.8) is 0 Å². The lowest BCUT2D eigenvalue weighted by molar-refractivity contribution is 0.0697. The first kappa shape index (κ1) is 16.8. The van der Waals surface area contributed by atoms with Crippen LogP contribution in [0, 0.1) is 0 Å². The van der Waals surface area contributed by atoms with Gasteiger partial charge in [0.2, 0.25) is 0 Å². The number of anilines is 2. The van der Waals surface area contributed by atoms with Crippen molar-refractivity contribution in [2.24, 2.45) is 0 Å². The number of methoxy groups -OCH3 is 1. The van der Waals surface area contributed by atoms with E-state index >= 15 is 0 Å². The molecule has 0 bridgehead atoms. The van der Waals surface area contributed by atoms with Gasteiger partial charge in [-0.3, -0.25) is 5.32 Å². The summed E-state index contributed by atoms with van der Waals surface area (Å²) in [6.07, 6.45) is 3.46. The third-order valence-corrected chi connectivity index (χ3v) is 5.98. The van der Waals surface area contributed by atoms with Gasteiger partial charge in [0.05, 0.1) is 36.2 Å². The third kappa shape index (κ3) is 2.55. The van der Waals surface area contributed by atoms with Crippen molar-refractivity contribution in [3.05, 3.63) is 53.9 Å². The van der Waals surface area contributed by atoms with E-state index in [2.05, 4.69) is 21.0 Å². The molecule has 1 aromatic carbocycles. The highest BCUT2D eigenvalue weighted by molar-refractivity contribution is 7.23. The van der Waals surface area contributed by atoms with Crippen LogP contribution < -0.4 is 20.7 Å². The molecule has 1 unspecified atom stereocenters. The van der Waals surface area contributed by atoms with E-state index in [9.17, 15) is 9.90 Å². The quantitative estimate of drug-likeness (QED) is 0.420. The fourth-order valence-corrected chi connectivity index (χ4v) is 4.76. The molecule has 4 heterocycles. The number of fused-ring (bicyclic) bond motifs is 4. The van der Waals surface area contributed by atoms with Crippen LogP contribution in [0.4, 0.5) is 10.7 Å². The molecule has 142 valence electrons. The summed E-state index contributed by atoms with van der Waals surface area (Å²) in [6, 6.07) is 9.06. The SMILES string of the molecule is COc1c(NC2NCNc3sc4cc(C(=O)O)ccc4c32)ccn2nccc12. The summed E-state index contributed by atoms with van der Waals surface area (Å²) >= 11 is 1.56. The molecule has 4 aromatic rings. The van der Waals surface area contributed by atoms with Gasteiger partial charge in [0.1, 0.15) is 11.7 Å². The topological polar surface area (TPSA) is 99.9 Å². The minimum atomic E-state index is -0.923. The third-order valence-electron chi connectivity index (χ3n) is 4.85. The number of aromatic carboxylic acids is 1. The van der Waals surface area contributed by atoms with Crippen LogP contribution >= 0.6 is 11.3 Å². The van der Waals surface area contributed by atoms with Gasteiger partial charge in [0.25, 0.3) is 0 Å². The zero-order valence-electron chi connectivity index (χ0n) is 14.9. The minimum Gasteiger partial charge on any atom is -0.492 e. The molecule has 5 rings (SSSR count). The molecular formula is C19H17N5O3S. The average molecular weight is 395 g/mol. The van der Waals surface area contributed by atoms with Gasteiger partial charge >= 0.3 is 5.97 Å². The Balaban J connectivity index is 1.58. The molecular weight excluding hydrogens is 378 g/mol. The predicted octanol–water partition coefficient (Wildman–Crippen LogP) is 3.34. The van der Waals surface area contributed by atoms with Crippen LogP contribution in [-0.2, 0) is 0 Å². The number of benzene rings is 1. The largest absolute Gasteiger partial charge is 0.492 e. The standard InChI is InChI=1S/C19H17N5O3S/c1-27-16-12(5-7-24-13(16)4-6-22-24)23-17-15-11-3-2-10(19(25)26)8-14(11)28-18(15)21-9-20-17/h2-8,17,20-21,23H,9H2,1H3,(H,25,26). The molecule has 0 radical (unpaired) electrons. The van der Waals surface area contributed by atoms with Crippen LogP contribution in [0.3, 0.4) is 0 Å². The van der Waals surface area contributed by atoms with Gasteiger partial charge in [-0.1, -0.05) is 6.07 Å². The van der Waals surface area contributed by atoms with Gasteiger partial charge in [-0.2, -0.15) is 5.10 Å². The average Bonchev–Trinajstić information content (AvgIpc) is 3.31. The van der Waals surface area contributed by atoms with Crippen molar-refractivity contribution >= 4 is 43.6 Å². The number of carbonyl (C=O) groups is 1. The van der Waals surface area contributed by atoms with Crippen molar-refractivity contribution in [1.82, 2.24) is 14.9 Å². The number of ether oxygens (including phenoxy) is 1. The molecule has 3 aromatic heterocycles. The molecule has 8 nitrogen and oxygen atoms in total. The molecule has 1 atom stereocenters. The maximum Gasteiger partial charge on any atom is 0.335 e. The van der Waals surface area contributed by atoms with Gasteiger partial charge < -0.3 is 20.5 Å². The number of rotatable bonds is 4. The summed E-state index contributed by atoms with van der Waals surface area (Å²) in [4.78, 5) is 11.3. The van der Waals surface area contributed by atoms with Gasteiger partial charge in [-0.15, -0.1) is 11.3 Å². The van der Waals surface area contributed by atoms with E-state index in [1.807, 2.05) is 24.4 Å². The lowest BCUT2D eigenvalue weighted by Gasteiger charge is -2.28. The molecule has 0 aliphatic carbocycles. The summed E-state index contributed by atoms with van der Waals surface area (Å²) in [5.41, 5.74) is 3.08. The number of carboxylic acids is 1. The van der Waals surface area contributed by atoms with Gasteiger partial charge in [-0.05, 0) is 24.3 Å². The van der Waals surface area contributed by atoms with E-state index < -0.39 is 5.97 Å². The number of hydrogen-bond donors (Lipinski definition) is 4. The highest BCUT2D eigenvalue weighted by Crippen LogP contribution is 2.42. The number of aromatic nitrogens is 2. The van der Waals surface area contributed by atoms with Crippen LogP contribution in [0.5, 0.6) is 5.75 Å². The molecule has 0 spiro atoms. The van der Waals surface area contributed by atoms with E-state index in [-0.39, 0.29) is 11.7 Å². The Labute approximate surface area is 163 Å². The highest BCUT2D eigenvalue weighted by Gasteiger charge is 2.26. The number of nitrogens with one attached hydrogen (secondary N) is 3. The van der Waals surface area contributed by atoms with Crippen molar-refractivity contribution in [3.8, 4) is 5.75 Å². The van der Waals surface area contributed by atoms with Gasteiger partial charge in [0, 0.05) is 21.8 Å². The Morgan fingerprint density at radius 1 is 1.39 bits per heavy atom. The zero-order chi connectivity index (χ0) is 19.3. The van der Waals surface area contributed by atoms with E-state index in [4.69, 9.17) is 4.74 Å². The molecule has 4 N–H and O–H groups in total. The Bertz CT molecular complexity index is 1220. The monoisotopic (exact) mass is 395 g/mol. The number of thiophene rings is 1. The summed E-state index contributed by atoms with van der Waals surface area (Å²) in [6.45, 7) is 0.598. The second kappa shape index (κ2) is 6.39. The van der Waals surface area contributed by atoms with Crippen molar-refractivity contribution in [2.75, 3.05) is 24.4 Å². The fourth-order valence-electron chi connectivity index (χ4n) is 3.58. The minimum absolute atomic E-state index is 0.153. The Kier molecular flexibility index (Phi) is 3.85. The normalized spacial score (nSPS) is 16.0. The summed E-state index contributed by atoms with van der Waals surface area (Å²) in [7, 11) is 1.64. The van der Waals surface area contributed by atoms with Crippen LogP contribution in [0.1, 0.15) is 22.1 Å². The predicted molar refractivity (Wildman–Crippen MR) is 109 cm³/mol. The Morgan fingerprint density at radius 2 is 2.29 bits per heavy atom. The first-order valence-corrected chi connectivity index (χ1v) is 9.51. The summed E-state index contributed by atoms with van der Waals surface area (Å²) < 4.78 is 8.33. The number of hydrogen-bond acceptors (Lipinski definition) is 7. The summed E-state index contributed by atoms with van der Waals surface area (Å²) in [5, 5.41) is 25.8. The molecule has 1 aliphatic heterocycles. The highest BCUT2D eigenvalue weighted by atomic mass is 32.1.